The molecule has 1 aromatic rings. The summed E-state index contributed by atoms with van der Waals surface area (Å²) in [5, 5.41) is 3.55. The number of allylic oxidation sites excluding steroid dienone is 1. The fourth-order valence-corrected chi connectivity index (χ4v) is 2.90. The molecule has 1 aromatic carbocycles. The summed E-state index contributed by atoms with van der Waals surface area (Å²) in [5.74, 6) is 1.72. The molecule has 3 nitrogen and oxygen atoms in total. The van der Waals surface area contributed by atoms with E-state index in [1.165, 1.54) is 24.8 Å². The summed E-state index contributed by atoms with van der Waals surface area (Å²) in [7, 11) is 0. The Kier molecular flexibility index (Phi) is 3.74. The average molecular weight is 259 g/mol. The maximum absolute atomic E-state index is 6.13. The summed E-state index contributed by atoms with van der Waals surface area (Å²) in [6.07, 6.45) is 6.07. The van der Waals surface area contributed by atoms with Crippen molar-refractivity contribution in [2.45, 2.75) is 38.3 Å². The zero-order chi connectivity index (χ0) is 13.1. The van der Waals surface area contributed by atoms with Gasteiger partial charge in [0.1, 0.15) is 6.61 Å². The molecule has 1 aliphatic carbocycles. The first-order valence-electron chi connectivity index (χ1n) is 7.19. The molecule has 1 N–H and O–H groups in total. The van der Waals surface area contributed by atoms with Gasteiger partial charge >= 0.3 is 0 Å². The quantitative estimate of drug-likeness (QED) is 0.843. The zero-order valence-corrected chi connectivity index (χ0v) is 11.4. The van der Waals surface area contributed by atoms with Gasteiger partial charge in [-0.05, 0) is 37.9 Å². The zero-order valence-electron chi connectivity index (χ0n) is 11.4. The second-order valence-electron chi connectivity index (χ2n) is 5.12. The van der Waals surface area contributed by atoms with Crippen LogP contribution in [-0.4, -0.2) is 25.3 Å². The summed E-state index contributed by atoms with van der Waals surface area (Å²) < 4.78 is 12.0. The van der Waals surface area contributed by atoms with E-state index in [0.29, 0.717) is 6.61 Å². The van der Waals surface area contributed by atoms with Gasteiger partial charge in [0.25, 0.3) is 0 Å². The molecule has 0 spiro atoms. The molecule has 0 aromatic heterocycles. The molecule has 2 atom stereocenters. The normalized spacial score (nSPS) is 23.0. The third-order valence-electron chi connectivity index (χ3n) is 3.80. The molecule has 1 heterocycles. The van der Waals surface area contributed by atoms with Crippen molar-refractivity contribution >= 4 is 0 Å². The van der Waals surface area contributed by atoms with E-state index in [-0.39, 0.29) is 12.1 Å². The Morgan fingerprint density at radius 3 is 2.89 bits per heavy atom. The number of hydrogen-bond donors (Lipinski definition) is 1. The second kappa shape index (κ2) is 5.66. The van der Waals surface area contributed by atoms with Crippen molar-refractivity contribution in [2.75, 3.05) is 13.2 Å². The molecule has 19 heavy (non-hydrogen) atoms. The van der Waals surface area contributed by atoms with Crippen LogP contribution in [0, 0.1) is 0 Å². The summed E-state index contributed by atoms with van der Waals surface area (Å²) in [5.41, 5.74) is 1.48. The van der Waals surface area contributed by atoms with E-state index in [1.54, 1.807) is 0 Å². The van der Waals surface area contributed by atoms with Gasteiger partial charge in [-0.1, -0.05) is 30.7 Å². The van der Waals surface area contributed by atoms with Gasteiger partial charge in [0, 0.05) is 0 Å². The monoisotopic (exact) mass is 259 g/mol. The van der Waals surface area contributed by atoms with Gasteiger partial charge in [0.05, 0.1) is 6.04 Å². The number of para-hydroxylation sites is 2. The molecule has 1 aliphatic heterocycles. The van der Waals surface area contributed by atoms with Crippen LogP contribution in [0.25, 0.3) is 0 Å². The maximum Gasteiger partial charge on any atom is 0.161 e. The third-order valence-corrected chi connectivity index (χ3v) is 3.80. The lowest BCUT2D eigenvalue weighted by atomic mass is 10.0. The minimum Gasteiger partial charge on any atom is -0.486 e. The SMILES string of the molecule is CCNC(C1=CCCC1)C1COc2ccccc2O1. The van der Waals surface area contributed by atoms with Crippen molar-refractivity contribution in [3.8, 4) is 11.5 Å². The van der Waals surface area contributed by atoms with Crippen LogP contribution in [0.4, 0.5) is 0 Å². The van der Waals surface area contributed by atoms with E-state index < -0.39 is 0 Å². The van der Waals surface area contributed by atoms with Crippen LogP contribution in [0.1, 0.15) is 26.2 Å². The second-order valence-corrected chi connectivity index (χ2v) is 5.12. The predicted octanol–water partition coefficient (Wildman–Crippen LogP) is 2.91. The standard InChI is InChI=1S/C16H21NO2/c1-2-17-16(12-7-3-4-8-12)15-11-18-13-9-5-6-10-14(13)19-15/h5-7,9-10,15-17H,2-4,8,11H2,1H3. The lowest BCUT2D eigenvalue weighted by molar-refractivity contribution is 0.0709. The first-order chi connectivity index (χ1) is 9.38. The number of fused-ring (bicyclic) bond motifs is 1. The molecule has 0 amide bonds. The predicted molar refractivity (Wildman–Crippen MR) is 75.8 cm³/mol. The summed E-state index contributed by atoms with van der Waals surface area (Å²) in [6, 6.07) is 8.18. The third kappa shape index (κ3) is 2.61. The smallest absolute Gasteiger partial charge is 0.161 e. The summed E-state index contributed by atoms with van der Waals surface area (Å²) in [4.78, 5) is 0. The van der Waals surface area contributed by atoms with E-state index in [0.717, 1.165) is 18.0 Å². The molecule has 3 heteroatoms. The van der Waals surface area contributed by atoms with Crippen LogP contribution in [-0.2, 0) is 0 Å². The fourth-order valence-electron chi connectivity index (χ4n) is 2.90. The van der Waals surface area contributed by atoms with E-state index >= 15 is 0 Å². The minimum atomic E-state index is 0.0687. The largest absolute Gasteiger partial charge is 0.486 e. The molecule has 102 valence electrons. The number of benzene rings is 1. The van der Waals surface area contributed by atoms with Crippen LogP contribution in [0.5, 0.6) is 11.5 Å². The number of hydrogen-bond acceptors (Lipinski definition) is 3. The van der Waals surface area contributed by atoms with Crippen molar-refractivity contribution in [1.29, 1.82) is 0 Å². The van der Waals surface area contributed by atoms with E-state index in [9.17, 15) is 0 Å². The molecular weight excluding hydrogens is 238 g/mol. The molecule has 0 radical (unpaired) electrons. The topological polar surface area (TPSA) is 30.5 Å². The molecule has 0 bridgehead atoms. The summed E-state index contributed by atoms with van der Waals surface area (Å²) >= 11 is 0. The van der Waals surface area contributed by atoms with Crippen LogP contribution in [0.2, 0.25) is 0 Å². The molecule has 0 saturated carbocycles. The van der Waals surface area contributed by atoms with Gasteiger partial charge in [0.2, 0.25) is 0 Å². The Hall–Kier alpha value is -1.48. The van der Waals surface area contributed by atoms with Crippen molar-refractivity contribution in [2.24, 2.45) is 0 Å². The lowest BCUT2D eigenvalue weighted by Gasteiger charge is -2.33. The van der Waals surface area contributed by atoms with Gasteiger partial charge in [-0.2, -0.15) is 0 Å². The van der Waals surface area contributed by atoms with Crippen molar-refractivity contribution in [3.63, 3.8) is 0 Å². The Labute approximate surface area is 114 Å². The highest BCUT2D eigenvalue weighted by Gasteiger charge is 2.31. The molecule has 0 saturated heterocycles. The number of ether oxygens (including phenoxy) is 2. The maximum atomic E-state index is 6.13. The lowest BCUT2D eigenvalue weighted by Crippen LogP contribution is -2.48. The summed E-state index contributed by atoms with van der Waals surface area (Å²) in [6.45, 7) is 3.70. The first-order valence-corrected chi connectivity index (χ1v) is 7.19. The molecular formula is C16H21NO2. The fraction of sp³-hybridized carbons (Fsp3) is 0.500. The van der Waals surface area contributed by atoms with Gasteiger partial charge in [-0.25, -0.2) is 0 Å². The highest BCUT2D eigenvalue weighted by atomic mass is 16.6. The van der Waals surface area contributed by atoms with E-state index in [4.69, 9.17) is 9.47 Å². The first kappa shape index (κ1) is 12.5. The van der Waals surface area contributed by atoms with Crippen LogP contribution in [0.3, 0.4) is 0 Å². The molecule has 2 aliphatic rings. The minimum absolute atomic E-state index is 0.0687. The van der Waals surface area contributed by atoms with Gasteiger partial charge < -0.3 is 14.8 Å². The van der Waals surface area contributed by atoms with Crippen LogP contribution >= 0.6 is 0 Å². The van der Waals surface area contributed by atoms with Crippen molar-refractivity contribution in [3.05, 3.63) is 35.9 Å². The van der Waals surface area contributed by atoms with E-state index in [2.05, 4.69) is 18.3 Å². The van der Waals surface area contributed by atoms with Gasteiger partial charge in [-0.15, -0.1) is 0 Å². The Morgan fingerprint density at radius 1 is 1.32 bits per heavy atom. The van der Waals surface area contributed by atoms with Crippen molar-refractivity contribution in [1.82, 2.24) is 5.32 Å². The Bertz CT molecular complexity index is 470. The highest BCUT2D eigenvalue weighted by Crippen LogP contribution is 2.33. The molecule has 3 rings (SSSR count). The number of rotatable bonds is 4. The Morgan fingerprint density at radius 2 is 2.16 bits per heavy atom. The van der Waals surface area contributed by atoms with Gasteiger partial charge in [0.15, 0.2) is 17.6 Å². The highest BCUT2D eigenvalue weighted by molar-refractivity contribution is 5.41. The van der Waals surface area contributed by atoms with Crippen LogP contribution in [0.15, 0.2) is 35.9 Å². The molecule has 2 unspecified atom stereocenters. The van der Waals surface area contributed by atoms with Gasteiger partial charge in [-0.3, -0.25) is 0 Å². The van der Waals surface area contributed by atoms with Crippen molar-refractivity contribution < 1.29 is 9.47 Å². The van der Waals surface area contributed by atoms with Crippen LogP contribution < -0.4 is 14.8 Å². The Balaban J connectivity index is 1.77. The number of likely N-dealkylation sites (N-methyl/N-ethyl adjacent to an activating group) is 1. The van der Waals surface area contributed by atoms with E-state index in [1.807, 2.05) is 24.3 Å². The number of nitrogens with one attached hydrogen (secondary N) is 1. The molecule has 0 fully saturated rings. The average Bonchev–Trinajstić information content (AvgIpc) is 2.98.